The van der Waals surface area contributed by atoms with Gasteiger partial charge in [0, 0.05) is 0 Å². The van der Waals surface area contributed by atoms with Crippen LogP contribution in [0.25, 0.3) is 0 Å². The van der Waals surface area contributed by atoms with Crippen molar-refractivity contribution in [1.82, 2.24) is 0 Å². The zero-order chi connectivity index (χ0) is 12.3. The lowest BCUT2D eigenvalue weighted by atomic mass is 10.1. The molecule has 1 fully saturated rings. The smallest absolute Gasteiger partial charge is 0.294 e. The first-order valence-corrected chi connectivity index (χ1v) is 6.75. The molecule has 1 aromatic carbocycles. The summed E-state index contributed by atoms with van der Waals surface area (Å²) in [6.45, 7) is 0.968. The van der Waals surface area contributed by atoms with E-state index < -0.39 is 10.1 Å². The molecule has 0 amide bonds. The van der Waals surface area contributed by atoms with Gasteiger partial charge in [0.2, 0.25) is 0 Å². The molecule has 1 heterocycles. The predicted octanol–water partition coefficient (Wildman–Crippen LogP) is 1.24. The van der Waals surface area contributed by atoms with Crippen LogP contribution in [0.1, 0.15) is 12.0 Å². The van der Waals surface area contributed by atoms with Crippen LogP contribution in [0.15, 0.2) is 29.2 Å². The summed E-state index contributed by atoms with van der Waals surface area (Å²) in [5, 5.41) is 0. The van der Waals surface area contributed by atoms with Gasteiger partial charge in [0.05, 0.1) is 17.6 Å². The Kier molecular flexibility index (Phi) is 3.78. The molecule has 0 spiro atoms. The molecule has 0 saturated carbocycles. The van der Waals surface area contributed by atoms with Gasteiger partial charge in [-0.05, 0) is 30.5 Å². The molecule has 1 N–H and O–H groups in total. The van der Waals surface area contributed by atoms with Gasteiger partial charge in [-0.25, -0.2) is 0 Å². The zero-order valence-electron chi connectivity index (χ0n) is 9.20. The van der Waals surface area contributed by atoms with Crippen molar-refractivity contribution in [3.05, 3.63) is 29.8 Å². The van der Waals surface area contributed by atoms with E-state index in [0.717, 1.165) is 18.4 Å². The highest BCUT2D eigenvalue weighted by atomic mass is 32.2. The quantitative estimate of drug-likeness (QED) is 0.822. The lowest BCUT2D eigenvalue weighted by Gasteiger charge is -2.07. The SMILES string of the molecule is O=S(=O)(O)c1ccc(CCC2COCO2)cc1. The molecular formula is C11H14O5S. The molecule has 5 nitrogen and oxygen atoms in total. The van der Waals surface area contributed by atoms with Crippen LogP contribution < -0.4 is 0 Å². The van der Waals surface area contributed by atoms with Gasteiger partial charge < -0.3 is 9.47 Å². The number of ether oxygens (including phenoxy) is 2. The molecule has 1 unspecified atom stereocenters. The van der Waals surface area contributed by atoms with E-state index in [9.17, 15) is 8.42 Å². The molecule has 0 bridgehead atoms. The van der Waals surface area contributed by atoms with E-state index in [0.29, 0.717) is 13.4 Å². The molecular weight excluding hydrogens is 244 g/mol. The van der Waals surface area contributed by atoms with Gasteiger partial charge in [0.15, 0.2) is 0 Å². The Labute approximate surface area is 100 Å². The van der Waals surface area contributed by atoms with Gasteiger partial charge in [-0.3, -0.25) is 4.55 Å². The zero-order valence-corrected chi connectivity index (χ0v) is 10.0. The largest absolute Gasteiger partial charge is 0.353 e. The maximum Gasteiger partial charge on any atom is 0.294 e. The van der Waals surface area contributed by atoms with Crippen molar-refractivity contribution in [2.45, 2.75) is 23.8 Å². The molecule has 1 atom stereocenters. The fourth-order valence-electron chi connectivity index (χ4n) is 1.69. The average molecular weight is 258 g/mol. The van der Waals surface area contributed by atoms with Crippen molar-refractivity contribution in [1.29, 1.82) is 0 Å². The second-order valence-electron chi connectivity index (χ2n) is 3.94. The summed E-state index contributed by atoms with van der Waals surface area (Å²) < 4.78 is 40.8. The van der Waals surface area contributed by atoms with Gasteiger partial charge in [-0.1, -0.05) is 12.1 Å². The van der Waals surface area contributed by atoms with E-state index in [2.05, 4.69) is 0 Å². The van der Waals surface area contributed by atoms with Crippen molar-refractivity contribution in [3.63, 3.8) is 0 Å². The fraction of sp³-hybridized carbons (Fsp3) is 0.455. The van der Waals surface area contributed by atoms with E-state index in [1.165, 1.54) is 12.1 Å². The molecule has 2 rings (SSSR count). The van der Waals surface area contributed by atoms with Crippen molar-refractivity contribution in [2.24, 2.45) is 0 Å². The van der Waals surface area contributed by atoms with Crippen LogP contribution in [0.5, 0.6) is 0 Å². The van der Waals surface area contributed by atoms with Crippen molar-refractivity contribution >= 4 is 10.1 Å². The molecule has 1 aliphatic rings. The number of rotatable bonds is 4. The highest BCUT2D eigenvalue weighted by molar-refractivity contribution is 7.85. The van der Waals surface area contributed by atoms with Crippen LogP contribution in [0.3, 0.4) is 0 Å². The maximum atomic E-state index is 10.8. The van der Waals surface area contributed by atoms with E-state index in [1.54, 1.807) is 12.1 Å². The summed E-state index contributed by atoms with van der Waals surface area (Å²) in [6.07, 6.45) is 1.75. The minimum absolute atomic E-state index is 0.0818. The second kappa shape index (κ2) is 5.14. The molecule has 6 heteroatoms. The molecule has 1 aromatic rings. The van der Waals surface area contributed by atoms with Gasteiger partial charge in [-0.15, -0.1) is 0 Å². The van der Waals surface area contributed by atoms with E-state index in [1.807, 2.05) is 0 Å². The lowest BCUT2D eigenvalue weighted by molar-refractivity contribution is 0.0448. The lowest BCUT2D eigenvalue weighted by Crippen LogP contribution is -2.10. The summed E-state index contributed by atoms with van der Waals surface area (Å²) in [4.78, 5) is -0.0818. The summed E-state index contributed by atoms with van der Waals surface area (Å²) in [5.41, 5.74) is 1.01. The standard InChI is InChI=1S/C11H14O5S/c12-17(13,14)11-5-2-9(3-6-11)1-4-10-7-15-8-16-10/h2-3,5-6,10H,1,4,7-8H2,(H,12,13,14). The summed E-state index contributed by atoms with van der Waals surface area (Å²) in [6, 6.07) is 6.19. The van der Waals surface area contributed by atoms with Crippen molar-refractivity contribution in [2.75, 3.05) is 13.4 Å². The fourth-order valence-corrected chi connectivity index (χ4v) is 2.17. The first-order valence-electron chi connectivity index (χ1n) is 5.31. The molecule has 94 valence electrons. The van der Waals surface area contributed by atoms with Crippen molar-refractivity contribution in [3.8, 4) is 0 Å². The van der Waals surface area contributed by atoms with Gasteiger partial charge in [0.25, 0.3) is 10.1 Å². The van der Waals surface area contributed by atoms with E-state index in [4.69, 9.17) is 14.0 Å². The second-order valence-corrected chi connectivity index (χ2v) is 5.36. The highest BCUT2D eigenvalue weighted by Crippen LogP contribution is 2.14. The molecule has 0 aromatic heterocycles. The first kappa shape index (κ1) is 12.5. The molecule has 17 heavy (non-hydrogen) atoms. The minimum atomic E-state index is -4.09. The maximum absolute atomic E-state index is 10.8. The van der Waals surface area contributed by atoms with Crippen LogP contribution >= 0.6 is 0 Å². The van der Waals surface area contributed by atoms with E-state index >= 15 is 0 Å². The highest BCUT2D eigenvalue weighted by Gasteiger charge is 2.15. The summed E-state index contributed by atoms with van der Waals surface area (Å²) >= 11 is 0. The third-order valence-electron chi connectivity index (χ3n) is 2.67. The third kappa shape index (κ3) is 3.50. The Hall–Kier alpha value is -0.950. The third-order valence-corrected chi connectivity index (χ3v) is 3.53. The monoisotopic (exact) mass is 258 g/mol. The Bertz CT molecular complexity index is 459. The number of hydrogen-bond acceptors (Lipinski definition) is 4. The Morgan fingerprint density at radius 2 is 2.00 bits per heavy atom. The van der Waals surface area contributed by atoms with E-state index in [-0.39, 0.29) is 11.0 Å². The van der Waals surface area contributed by atoms with Gasteiger partial charge in [-0.2, -0.15) is 8.42 Å². The molecule has 1 saturated heterocycles. The first-order chi connectivity index (χ1) is 8.05. The molecule has 0 radical (unpaired) electrons. The summed E-state index contributed by atoms with van der Waals surface area (Å²) in [5.74, 6) is 0. The topological polar surface area (TPSA) is 72.8 Å². The van der Waals surface area contributed by atoms with Gasteiger partial charge in [0.1, 0.15) is 6.79 Å². The van der Waals surface area contributed by atoms with Crippen LogP contribution in [0.4, 0.5) is 0 Å². The predicted molar refractivity (Wildman–Crippen MR) is 60.3 cm³/mol. The Morgan fingerprint density at radius 1 is 1.29 bits per heavy atom. The Balaban J connectivity index is 1.94. The number of hydrogen-bond donors (Lipinski definition) is 1. The number of aryl methyl sites for hydroxylation is 1. The van der Waals surface area contributed by atoms with Crippen LogP contribution in [-0.2, 0) is 26.0 Å². The van der Waals surface area contributed by atoms with Gasteiger partial charge >= 0.3 is 0 Å². The Morgan fingerprint density at radius 3 is 2.53 bits per heavy atom. The molecule has 0 aliphatic carbocycles. The van der Waals surface area contributed by atoms with Crippen LogP contribution in [0.2, 0.25) is 0 Å². The normalized spacial score (nSPS) is 20.6. The minimum Gasteiger partial charge on any atom is -0.353 e. The molecule has 1 aliphatic heterocycles. The van der Waals surface area contributed by atoms with Crippen LogP contribution in [-0.4, -0.2) is 32.5 Å². The number of benzene rings is 1. The average Bonchev–Trinajstić information content (AvgIpc) is 2.78. The van der Waals surface area contributed by atoms with Crippen LogP contribution in [0, 0.1) is 0 Å². The van der Waals surface area contributed by atoms with Crippen molar-refractivity contribution < 1.29 is 22.4 Å². The summed E-state index contributed by atoms with van der Waals surface area (Å²) in [7, 11) is -4.09.